The number of para-hydroxylation sites is 1. The van der Waals surface area contributed by atoms with Crippen LogP contribution in [0.4, 0.5) is 28.8 Å². The van der Waals surface area contributed by atoms with Crippen molar-refractivity contribution in [2.24, 2.45) is 0 Å². The minimum atomic E-state index is -0.188. The van der Waals surface area contributed by atoms with Crippen molar-refractivity contribution in [2.75, 3.05) is 56.0 Å². The lowest BCUT2D eigenvalue weighted by Gasteiger charge is -2.29. The summed E-state index contributed by atoms with van der Waals surface area (Å²) in [6, 6.07) is 13.2. The van der Waals surface area contributed by atoms with Gasteiger partial charge in [-0.15, -0.1) is 0 Å². The maximum absolute atomic E-state index is 12.2. The van der Waals surface area contributed by atoms with Crippen LogP contribution in [0.15, 0.2) is 53.1 Å². The van der Waals surface area contributed by atoms with Gasteiger partial charge in [0.25, 0.3) is 5.91 Å². The standard InChI is InChI=1S/C23H25BrN6O3/c1-25-22(31)16-5-3-4-6-18(16)27-21-17(24)14-26-23(29-21)28-19-8-7-15(13-20(19)32-2)30-9-11-33-12-10-30/h3-8,13-14H,9-12H2,1-2H3,(H,25,31)(H2,26,27,28,29). The summed E-state index contributed by atoms with van der Waals surface area (Å²) in [6.07, 6.45) is 1.65. The van der Waals surface area contributed by atoms with Gasteiger partial charge < -0.3 is 30.3 Å². The first-order chi connectivity index (χ1) is 16.1. The average molecular weight is 513 g/mol. The Morgan fingerprint density at radius 2 is 1.91 bits per heavy atom. The Labute approximate surface area is 200 Å². The number of methoxy groups -OCH3 is 1. The van der Waals surface area contributed by atoms with Gasteiger partial charge >= 0.3 is 0 Å². The summed E-state index contributed by atoms with van der Waals surface area (Å²) in [5.41, 5.74) is 2.97. The van der Waals surface area contributed by atoms with Gasteiger partial charge in [0.2, 0.25) is 5.95 Å². The Morgan fingerprint density at radius 3 is 2.67 bits per heavy atom. The lowest BCUT2D eigenvalue weighted by Crippen LogP contribution is -2.36. The number of benzene rings is 2. The molecule has 2 heterocycles. The summed E-state index contributed by atoms with van der Waals surface area (Å²) in [5, 5.41) is 9.09. The smallest absolute Gasteiger partial charge is 0.253 e. The second kappa shape index (κ2) is 10.5. The summed E-state index contributed by atoms with van der Waals surface area (Å²) in [5.74, 6) is 1.40. The van der Waals surface area contributed by atoms with Crippen molar-refractivity contribution >= 4 is 50.7 Å². The SMILES string of the molecule is CNC(=O)c1ccccc1Nc1nc(Nc2ccc(N3CCOCC3)cc2OC)ncc1Br. The molecule has 3 N–H and O–H groups in total. The van der Waals surface area contributed by atoms with Gasteiger partial charge in [-0.05, 0) is 40.2 Å². The Bertz CT molecular complexity index is 1140. The highest BCUT2D eigenvalue weighted by atomic mass is 79.9. The van der Waals surface area contributed by atoms with E-state index in [1.807, 2.05) is 36.4 Å². The van der Waals surface area contributed by atoms with Crippen molar-refractivity contribution in [2.45, 2.75) is 0 Å². The second-order valence-electron chi connectivity index (χ2n) is 7.25. The Kier molecular flexibility index (Phi) is 7.26. The van der Waals surface area contributed by atoms with Crippen molar-refractivity contribution in [3.63, 3.8) is 0 Å². The van der Waals surface area contributed by atoms with Crippen LogP contribution < -0.4 is 25.6 Å². The maximum Gasteiger partial charge on any atom is 0.253 e. The zero-order valence-corrected chi connectivity index (χ0v) is 20.0. The summed E-state index contributed by atoms with van der Waals surface area (Å²) < 4.78 is 11.7. The van der Waals surface area contributed by atoms with Crippen LogP contribution in [0.1, 0.15) is 10.4 Å². The van der Waals surface area contributed by atoms with E-state index in [9.17, 15) is 4.79 Å². The summed E-state index contributed by atoms with van der Waals surface area (Å²) >= 11 is 3.48. The van der Waals surface area contributed by atoms with E-state index in [0.717, 1.165) is 24.5 Å². The highest BCUT2D eigenvalue weighted by Gasteiger charge is 2.16. The van der Waals surface area contributed by atoms with Crippen molar-refractivity contribution < 1.29 is 14.3 Å². The molecule has 0 radical (unpaired) electrons. The molecule has 10 heteroatoms. The van der Waals surface area contributed by atoms with Crippen LogP contribution >= 0.6 is 15.9 Å². The van der Waals surface area contributed by atoms with Gasteiger partial charge in [0.05, 0.1) is 41.7 Å². The lowest BCUT2D eigenvalue weighted by atomic mass is 10.1. The van der Waals surface area contributed by atoms with Gasteiger partial charge in [0.1, 0.15) is 11.6 Å². The predicted molar refractivity (Wildman–Crippen MR) is 132 cm³/mol. The molecule has 1 amide bonds. The lowest BCUT2D eigenvalue weighted by molar-refractivity contribution is 0.0964. The quantitative estimate of drug-likeness (QED) is 0.437. The number of carbonyl (C=O) groups excluding carboxylic acids is 1. The fourth-order valence-electron chi connectivity index (χ4n) is 3.49. The molecule has 2 aromatic carbocycles. The number of aromatic nitrogens is 2. The molecule has 0 spiro atoms. The molecule has 4 rings (SSSR count). The number of ether oxygens (including phenoxy) is 2. The molecule has 0 saturated carbocycles. The Hall–Kier alpha value is -3.37. The third-order valence-corrected chi connectivity index (χ3v) is 5.78. The largest absolute Gasteiger partial charge is 0.494 e. The molecule has 9 nitrogen and oxygen atoms in total. The first kappa shape index (κ1) is 22.8. The first-order valence-corrected chi connectivity index (χ1v) is 11.3. The first-order valence-electron chi connectivity index (χ1n) is 10.5. The molecule has 0 bridgehead atoms. The number of nitrogens with one attached hydrogen (secondary N) is 3. The highest BCUT2D eigenvalue weighted by molar-refractivity contribution is 9.10. The number of nitrogens with zero attached hydrogens (tertiary/aromatic N) is 3. The Morgan fingerprint density at radius 1 is 1.12 bits per heavy atom. The van der Waals surface area contributed by atoms with Crippen LogP contribution in [0.25, 0.3) is 0 Å². The monoisotopic (exact) mass is 512 g/mol. The summed E-state index contributed by atoms with van der Waals surface area (Å²) in [7, 11) is 3.23. The van der Waals surface area contributed by atoms with E-state index in [4.69, 9.17) is 9.47 Å². The highest BCUT2D eigenvalue weighted by Crippen LogP contribution is 2.33. The van der Waals surface area contributed by atoms with Crippen LogP contribution in [0.2, 0.25) is 0 Å². The topological polar surface area (TPSA) is 101 Å². The molecular formula is C23H25BrN6O3. The van der Waals surface area contributed by atoms with E-state index in [0.29, 0.717) is 46.5 Å². The van der Waals surface area contributed by atoms with Crippen LogP contribution in [-0.4, -0.2) is 56.3 Å². The molecule has 172 valence electrons. The van der Waals surface area contributed by atoms with E-state index in [1.165, 1.54) is 0 Å². The molecule has 33 heavy (non-hydrogen) atoms. The molecule has 0 atom stereocenters. The van der Waals surface area contributed by atoms with Gasteiger partial charge in [-0.25, -0.2) is 4.98 Å². The third-order valence-electron chi connectivity index (χ3n) is 5.20. The molecule has 0 unspecified atom stereocenters. The Balaban J connectivity index is 1.57. The van der Waals surface area contributed by atoms with Gasteiger partial charge in [0, 0.05) is 38.1 Å². The number of hydrogen-bond acceptors (Lipinski definition) is 8. The molecule has 1 aliphatic rings. The van der Waals surface area contributed by atoms with E-state index < -0.39 is 0 Å². The maximum atomic E-state index is 12.2. The van der Waals surface area contributed by atoms with E-state index in [2.05, 4.69) is 46.7 Å². The van der Waals surface area contributed by atoms with E-state index in [-0.39, 0.29) is 5.91 Å². The van der Waals surface area contributed by atoms with Crippen LogP contribution in [0.3, 0.4) is 0 Å². The number of rotatable bonds is 7. The third kappa shape index (κ3) is 5.35. The van der Waals surface area contributed by atoms with Crippen molar-refractivity contribution in [3.05, 3.63) is 58.7 Å². The summed E-state index contributed by atoms with van der Waals surface area (Å²) in [4.78, 5) is 23.4. The van der Waals surface area contributed by atoms with Crippen molar-refractivity contribution in [3.8, 4) is 5.75 Å². The van der Waals surface area contributed by atoms with Crippen LogP contribution in [-0.2, 0) is 4.74 Å². The predicted octanol–water partition coefficient (Wildman–Crippen LogP) is 3.93. The van der Waals surface area contributed by atoms with Crippen molar-refractivity contribution in [1.82, 2.24) is 15.3 Å². The number of halogens is 1. The average Bonchev–Trinajstić information content (AvgIpc) is 2.86. The number of morpholine rings is 1. The van der Waals surface area contributed by atoms with Gasteiger partial charge in [-0.3, -0.25) is 4.79 Å². The number of anilines is 5. The fourth-order valence-corrected chi connectivity index (χ4v) is 3.78. The van der Waals surface area contributed by atoms with Crippen LogP contribution in [0, 0.1) is 0 Å². The zero-order valence-electron chi connectivity index (χ0n) is 18.4. The van der Waals surface area contributed by atoms with E-state index in [1.54, 1.807) is 26.4 Å². The molecule has 1 aromatic heterocycles. The van der Waals surface area contributed by atoms with E-state index >= 15 is 0 Å². The normalized spacial score (nSPS) is 13.4. The second-order valence-corrected chi connectivity index (χ2v) is 8.10. The summed E-state index contributed by atoms with van der Waals surface area (Å²) in [6.45, 7) is 3.12. The molecule has 1 fully saturated rings. The number of carbonyl (C=O) groups is 1. The number of hydrogen-bond donors (Lipinski definition) is 3. The molecule has 1 aliphatic heterocycles. The van der Waals surface area contributed by atoms with Crippen LogP contribution in [0.5, 0.6) is 5.75 Å². The minimum Gasteiger partial charge on any atom is -0.494 e. The molecule has 3 aromatic rings. The molecule has 1 saturated heterocycles. The number of amides is 1. The fraction of sp³-hybridized carbons (Fsp3) is 0.261. The zero-order chi connectivity index (χ0) is 23.2. The van der Waals surface area contributed by atoms with Crippen molar-refractivity contribution in [1.29, 1.82) is 0 Å². The minimum absolute atomic E-state index is 0.188. The van der Waals surface area contributed by atoms with Gasteiger partial charge in [-0.1, -0.05) is 12.1 Å². The molecule has 0 aliphatic carbocycles. The van der Waals surface area contributed by atoms with Gasteiger partial charge in [0.15, 0.2) is 0 Å². The molecular weight excluding hydrogens is 488 g/mol. The van der Waals surface area contributed by atoms with Gasteiger partial charge in [-0.2, -0.15) is 4.98 Å².